The van der Waals surface area contributed by atoms with Gasteiger partial charge in [0.05, 0.1) is 5.75 Å². The summed E-state index contributed by atoms with van der Waals surface area (Å²) in [5.41, 5.74) is 0. The lowest BCUT2D eigenvalue weighted by Gasteiger charge is -2.01. The third kappa shape index (κ3) is 4.00. The first-order chi connectivity index (χ1) is 9.54. The van der Waals surface area contributed by atoms with E-state index in [0.717, 1.165) is 0 Å². The molecule has 2 rings (SSSR count). The van der Waals surface area contributed by atoms with Crippen molar-refractivity contribution in [1.82, 2.24) is 4.98 Å². The van der Waals surface area contributed by atoms with Crippen LogP contribution in [0.3, 0.4) is 0 Å². The average molecular weight is 314 g/mol. The quantitative estimate of drug-likeness (QED) is 0.832. The van der Waals surface area contributed by atoms with Crippen LogP contribution < -0.4 is 5.32 Å². The van der Waals surface area contributed by atoms with E-state index in [1.165, 1.54) is 23.5 Å². The zero-order valence-corrected chi connectivity index (χ0v) is 11.7. The summed E-state index contributed by atoms with van der Waals surface area (Å²) in [6.07, 6.45) is 1.55. The number of aromatic carboxylic acids is 1. The summed E-state index contributed by atoms with van der Waals surface area (Å²) in [7, 11) is -1.48. The lowest BCUT2D eigenvalue weighted by molar-refractivity contribution is -0.113. The molecule has 2 N–H and O–H groups in total. The molecule has 2 aromatic heterocycles. The normalized spacial score (nSPS) is 12.0. The Morgan fingerprint density at radius 3 is 2.85 bits per heavy atom. The number of thiazole rings is 1. The number of amides is 1. The van der Waals surface area contributed by atoms with Crippen LogP contribution in [0.1, 0.15) is 16.3 Å². The van der Waals surface area contributed by atoms with Gasteiger partial charge in [-0.05, 0) is 12.1 Å². The fraction of sp³-hybridized carbons (Fsp3) is 0.182. The minimum atomic E-state index is -1.48. The van der Waals surface area contributed by atoms with E-state index in [4.69, 9.17) is 9.52 Å². The molecule has 0 aliphatic rings. The molecule has 1 atom stereocenters. The molecule has 0 saturated carbocycles. The van der Waals surface area contributed by atoms with Crippen LogP contribution in [0.25, 0.3) is 0 Å². The Balaban J connectivity index is 1.85. The van der Waals surface area contributed by atoms with E-state index >= 15 is 0 Å². The Hall–Kier alpha value is -2.00. The van der Waals surface area contributed by atoms with Crippen LogP contribution in [-0.2, 0) is 21.3 Å². The molecule has 1 amide bonds. The Morgan fingerprint density at radius 1 is 1.45 bits per heavy atom. The van der Waals surface area contributed by atoms with Crippen molar-refractivity contribution in [2.45, 2.75) is 5.75 Å². The molecule has 0 saturated heterocycles. The molecule has 0 radical (unpaired) electrons. The van der Waals surface area contributed by atoms with Crippen LogP contribution in [0.15, 0.2) is 28.1 Å². The second-order valence-corrected chi connectivity index (χ2v) is 6.04. The SMILES string of the molecule is O=C(CS(=O)Cc1ccc(C(=O)O)o1)Nc1nccs1. The Kier molecular flexibility index (Phi) is 4.64. The maximum Gasteiger partial charge on any atom is 0.371 e. The number of carboxylic acid groups (broad SMARTS) is 1. The molecule has 106 valence electrons. The number of carboxylic acids is 1. The molecule has 0 bridgehead atoms. The van der Waals surface area contributed by atoms with Crippen LogP contribution in [0.2, 0.25) is 0 Å². The van der Waals surface area contributed by atoms with Crippen molar-refractivity contribution in [3.8, 4) is 0 Å². The number of anilines is 1. The van der Waals surface area contributed by atoms with Gasteiger partial charge in [0.2, 0.25) is 11.7 Å². The predicted octanol–water partition coefficient (Wildman–Crippen LogP) is 1.32. The van der Waals surface area contributed by atoms with Crippen molar-refractivity contribution < 1.29 is 23.3 Å². The van der Waals surface area contributed by atoms with Crippen molar-refractivity contribution in [2.75, 3.05) is 11.1 Å². The molecule has 0 aromatic carbocycles. The molecule has 7 nitrogen and oxygen atoms in total. The van der Waals surface area contributed by atoms with Gasteiger partial charge in [-0.3, -0.25) is 9.00 Å². The zero-order chi connectivity index (χ0) is 14.5. The van der Waals surface area contributed by atoms with E-state index in [1.807, 2.05) is 0 Å². The lowest BCUT2D eigenvalue weighted by Crippen LogP contribution is -2.20. The molecule has 9 heteroatoms. The summed E-state index contributed by atoms with van der Waals surface area (Å²) in [6, 6.07) is 2.71. The maximum atomic E-state index is 11.8. The summed E-state index contributed by atoms with van der Waals surface area (Å²) in [5, 5.41) is 13.3. The Morgan fingerprint density at radius 2 is 2.25 bits per heavy atom. The van der Waals surface area contributed by atoms with Gasteiger partial charge in [-0.15, -0.1) is 11.3 Å². The number of carbonyl (C=O) groups excluding carboxylic acids is 1. The maximum absolute atomic E-state index is 11.8. The predicted molar refractivity (Wildman–Crippen MR) is 73.1 cm³/mol. The second kappa shape index (κ2) is 6.44. The van der Waals surface area contributed by atoms with E-state index in [2.05, 4.69) is 10.3 Å². The molecular weight excluding hydrogens is 304 g/mol. The number of rotatable bonds is 6. The first-order valence-electron chi connectivity index (χ1n) is 5.41. The first-order valence-corrected chi connectivity index (χ1v) is 7.77. The average Bonchev–Trinajstić information content (AvgIpc) is 2.99. The van der Waals surface area contributed by atoms with Crippen molar-refractivity contribution in [1.29, 1.82) is 0 Å². The van der Waals surface area contributed by atoms with Crippen molar-refractivity contribution >= 4 is 39.1 Å². The third-order valence-corrected chi connectivity index (χ3v) is 4.03. The van der Waals surface area contributed by atoms with Gasteiger partial charge in [-0.1, -0.05) is 0 Å². The Bertz CT molecular complexity index is 635. The highest BCUT2D eigenvalue weighted by Crippen LogP contribution is 2.12. The lowest BCUT2D eigenvalue weighted by atomic mass is 10.4. The summed E-state index contributed by atoms with van der Waals surface area (Å²) in [6.45, 7) is 0. The number of aromatic nitrogens is 1. The highest BCUT2D eigenvalue weighted by Gasteiger charge is 2.14. The van der Waals surface area contributed by atoms with Crippen LogP contribution >= 0.6 is 11.3 Å². The smallest absolute Gasteiger partial charge is 0.371 e. The number of furan rings is 1. The minimum absolute atomic E-state index is 0.0153. The first kappa shape index (κ1) is 14.4. The standard InChI is InChI=1S/C11H10N2O5S2/c14-9(13-11-12-3-4-19-11)6-20(17)5-7-1-2-8(18-7)10(15)16/h1-4H,5-6H2,(H,15,16)(H,12,13,14). The van der Waals surface area contributed by atoms with Gasteiger partial charge in [0.15, 0.2) is 5.13 Å². The second-order valence-electron chi connectivity index (χ2n) is 3.69. The van der Waals surface area contributed by atoms with E-state index in [-0.39, 0.29) is 23.0 Å². The minimum Gasteiger partial charge on any atom is -0.475 e. The van der Waals surface area contributed by atoms with E-state index in [1.54, 1.807) is 11.6 Å². The van der Waals surface area contributed by atoms with Gasteiger partial charge in [0, 0.05) is 22.4 Å². The number of nitrogens with zero attached hydrogens (tertiary/aromatic N) is 1. The van der Waals surface area contributed by atoms with Gasteiger partial charge >= 0.3 is 5.97 Å². The largest absolute Gasteiger partial charge is 0.475 e. The molecule has 0 spiro atoms. The van der Waals surface area contributed by atoms with Gasteiger partial charge in [0.25, 0.3) is 0 Å². The number of carbonyl (C=O) groups is 2. The van der Waals surface area contributed by atoms with Crippen molar-refractivity contribution in [3.63, 3.8) is 0 Å². The van der Waals surface area contributed by atoms with Gasteiger partial charge in [-0.25, -0.2) is 9.78 Å². The van der Waals surface area contributed by atoms with Gasteiger partial charge in [0.1, 0.15) is 11.5 Å². The molecule has 0 fully saturated rings. The summed E-state index contributed by atoms with van der Waals surface area (Å²) < 4.78 is 16.7. The number of nitrogens with one attached hydrogen (secondary N) is 1. The zero-order valence-electron chi connectivity index (χ0n) is 10.1. The fourth-order valence-corrected chi connectivity index (χ4v) is 2.85. The Labute approximate surface area is 120 Å². The monoisotopic (exact) mass is 314 g/mol. The molecule has 0 aliphatic carbocycles. The molecule has 20 heavy (non-hydrogen) atoms. The topological polar surface area (TPSA) is 110 Å². The van der Waals surface area contributed by atoms with E-state index in [9.17, 15) is 13.8 Å². The molecule has 1 unspecified atom stereocenters. The van der Waals surface area contributed by atoms with Crippen LogP contribution in [-0.4, -0.2) is 31.9 Å². The van der Waals surface area contributed by atoms with Crippen molar-refractivity contribution in [2.24, 2.45) is 0 Å². The third-order valence-electron chi connectivity index (χ3n) is 2.15. The number of hydrogen-bond acceptors (Lipinski definition) is 6. The van der Waals surface area contributed by atoms with E-state index < -0.39 is 22.7 Å². The molecular formula is C11H10N2O5S2. The van der Waals surface area contributed by atoms with Gasteiger partial charge < -0.3 is 14.8 Å². The van der Waals surface area contributed by atoms with Crippen LogP contribution in [0.4, 0.5) is 5.13 Å². The molecule has 2 aromatic rings. The highest BCUT2D eigenvalue weighted by molar-refractivity contribution is 7.84. The summed E-state index contributed by atoms with van der Waals surface area (Å²) in [4.78, 5) is 26.1. The van der Waals surface area contributed by atoms with Crippen LogP contribution in [0, 0.1) is 0 Å². The molecule has 0 aliphatic heterocycles. The molecule has 2 heterocycles. The summed E-state index contributed by atoms with van der Waals surface area (Å²) in [5.74, 6) is -1.78. The van der Waals surface area contributed by atoms with E-state index in [0.29, 0.717) is 5.13 Å². The summed E-state index contributed by atoms with van der Waals surface area (Å²) >= 11 is 1.26. The van der Waals surface area contributed by atoms with Gasteiger partial charge in [-0.2, -0.15) is 0 Å². The van der Waals surface area contributed by atoms with Crippen LogP contribution in [0.5, 0.6) is 0 Å². The fourth-order valence-electron chi connectivity index (χ4n) is 1.37. The number of hydrogen-bond donors (Lipinski definition) is 2. The van der Waals surface area contributed by atoms with Crippen molar-refractivity contribution in [3.05, 3.63) is 35.2 Å². The highest BCUT2D eigenvalue weighted by atomic mass is 32.2.